The number of fused-ring (bicyclic) bond motifs is 1. The standard InChI is InChI=1S/C28H32F3N5O7Si/c1-44(2,3)11-10-40-17-35-14-22(25-26(35)32-13-24(33-25)42-20-15-41-16-20)18-6-8-34(9-7-18)27(37)21-5-4-19(43-28(29,30)31)12-23(21)36(38)39/h4-6,12-14,20H,7-11,15-17H2,1-3H3. The highest BCUT2D eigenvalue weighted by Crippen LogP contribution is 2.33. The molecule has 1 saturated heterocycles. The van der Waals surface area contributed by atoms with Crippen molar-refractivity contribution in [3.8, 4) is 11.6 Å². The van der Waals surface area contributed by atoms with Crippen molar-refractivity contribution in [2.24, 2.45) is 0 Å². The summed E-state index contributed by atoms with van der Waals surface area (Å²) in [7, 11) is -1.27. The Balaban J connectivity index is 1.37. The molecule has 1 fully saturated rings. The Kier molecular flexibility index (Phi) is 8.94. The first-order valence-corrected chi connectivity index (χ1v) is 17.7. The fourth-order valence-corrected chi connectivity index (χ4v) is 5.49. The zero-order chi connectivity index (χ0) is 31.6. The maximum atomic E-state index is 13.2. The molecule has 16 heteroatoms. The van der Waals surface area contributed by atoms with E-state index in [0.717, 1.165) is 29.3 Å². The van der Waals surface area contributed by atoms with Gasteiger partial charge in [-0.25, -0.2) is 9.97 Å². The molecule has 0 radical (unpaired) electrons. The molecule has 2 aliphatic heterocycles. The molecule has 1 amide bonds. The number of rotatable bonds is 11. The van der Waals surface area contributed by atoms with E-state index in [4.69, 9.17) is 19.2 Å². The van der Waals surface area contributed by atoms with Crippen LogP contribution in [-0.4, -0.2) is 83.7 Å². The summed E-state index contributed by atoms with van der Waals surface area (Å²) in [6, 6.07) is 3.46. The van der Waals surface area contributed by atoms with Crippen LogP contribution in [0.2, 0.25) is 25.7 Å². The summed E-state index contributed by atoms with van der Waals surface area (Å²) in [6.45, 7) is 9.02. The second-order valence-electron chi connectivity index (χ2n) is 11.7. The summed E-state index contributed by atoms with van der Waals surface area (Å²) in [4.78, 5) is 34.7. The molecule has 0 spiro atoms. The number of carbonyl (C=O) groups excluding carboxylic acids is 1. The summed E-state index contributed by atoms with van der Waals surface area (Å²) in [5.41, 5.74) is 1.80. The fraction of sp³-hybridized carbons (Fsp3) is 0.464. The topological polar surface area (TPSA) is 131 Å². The minimum atomic E-state index is -5.03. The van der Waals surface area contributed by atoms with E-state index in [1.165, 1.54) is 4.90 Å². The van der Waals surface area contributed by atoms with Crippen LogP contribution in [0.25, 0.3) is 16.7 Å². The predicted molar refractivity (Wildman–Crippen MR) is 155 cm³/mol. The molecular formula is C28H32F3N5O7Si. The highest BCUT2D eigenvalue weighted by atomic mass is 28.3. The summed E-state index contributed by atoms with van der Waals surface area (Å²) in [5, 5.41) is 11.6. The van der Waals surface area contributed by atoms with E-state index in [9.17, 15) is 28.1 Å². The molecule has 236 valence electrons. The molecule has 0 aliphatic carbocycles. The van der Waals surface area contributed by atoms with Gasteiger partial charge in [0, 0.05) is 39.5 Å². The lowest BCUT2D eigenvalue weighted by molar-refractivity contribution is -0.385. The number of amides is 1. The molecule has 0 bridgehead atoms. The second-order valence-corrected chi connectivity index (χ2v) is 17.4. The van der Waals surface area contributed by atoms with Crippen LogP contribution < -0.4 is 9.47 Å². The molecule has 2 aliphatic rings. The first-order valence-electron chi connectivity index (χ1n) is 14.0. The minimum Gasteiger partial charge on any atom is -0.468 e. The Morgan fingerprint density at radius 3 is 2.64 bits per heavy atom. The van der Waals surface area contributed by atoms with E-state index >= 15 is 0 Å². The van der Waals surface area contributed by atoms with Gasteiger partial charge in [0.05, 0.1) is 30.4 Å². The average molecular weight is 636 g/mol. The molecule has 1 aromatic carbocycles. The van der Waals surface area contributed by atoms with Crippen LogP contribution in [0, 0.1) is 10.1 Å². The van der Waals surface area contributed by atoms with Crippen molar-refractivity contribution < 1.29 is 41.8 Å². The van der Waals surface area contributed by atoms with Gasteiger partial charge in [0.25, 0.3) is 11.6 Å². The molecular weight excluding hydrogens is 603 g/mol. The SMILES string of the molecule is C[Si](C)(C)CCOCn1cc(C2=CCN(C(=O)c3ccc(OC(F)(F)F)cc3[N+](=O)[O-])CC2)c2nc(OC3COC3)cnc21. The van der Waals surface area contributed by atoms with Crippen molar-refractivity contribution in [2.45, 2.75) is 51.3 Å². The third kappa shape index (κ3) is 7.54. The molecule has 0 N–H and O–H groups in total. The maximum Gasteiger partial charge on any atom is 0.573 e. The number of nitro benzene ring substituents is 1. The van der Waals surface area contributed by atoms with Gasteiger partial charge in [-0.2, -0.15) is 0 Å². The van der Waals surface area contributed by atoms with E-state index in [-0.39, 0.29) is 31.5 Å². The Bertz CT molecular complexity index is 1580. The van der Waals surface area contributed by atoms with Crippen molar-refractivity contribution in [3.05, 3.63) is 57.9 Å². The summed E-state index contributed by atoms with van der Waals surface area (Å²) < 4.78 is 60.5. The van der Waals surface area contributed by atoms with Crippen LogP contribution >= 0.6 is 0 Å². The summed E-state index contributed by atoms with van der Waals surface area (Å²) in [5.74, 6) is -1.10. The molecule has 0 atom stereocenters. The van der Waals surface area contributed by atoms with Crippen LogP contribution in [0.3, 0.4) is 0 Å². The predicted octanol–water partition coefficient (Wildman–Crippen LogP) is 5.26. The lowest BCUT2D eigenvalue weighted by Crippen LogP contribution is -2.38. The lowest BCUT2D eigenvalue weighted by atomic mass is 10.0. The number of alkyl halides is 3. The normalized spacial score (nSPS) is 16.0. The molecule has 44 heavy (non-hydrogen) atoms. The van der Waals surface area contributed by atoms with Crippen molar-refractivity contribution in [3.63, 3.8) is 0 Å². The van der Waals surface area contributed by atoms with Gasteiger partial charge in [0.1, 0.15) is 29.7 Å². The number of hydrogen-bond acceptors (Lipinski definition) is 9. The van der Waals surface area contributed by atoms with Gasteiger partial charge in [-0.3, -0.25) is 14.9 Å². The number of nitro groups is 1. The highest BCUT2D eigenvalue weighted by molar-refractivity contribution is 6.76. The highest BCUT2D eigenvalue weighted by Gasteiger charge is 2.33. The number of ether oxygens (including phenoxy) is 4. The molecule has 0 saturated carbocycles. The number of aromatic nitrogens is 3. The van der Waals surface area contributed by atoms with E-state index in [1.54, 1.807) is 6.20 Å². The van der Waals surface area contributed by atoms with Gasteiger partial charge in [-0.05, 0) is 30.2 Å². The van der Waals surface area contributed by atoms with Gasteiger partial charge in [-0.1, -0.05) is 25.7 Å². The van der Waals surface area contributed by atoms with Gasteiger partial charge in [-0.15, -0.1) is 13.2 Å². The second kappa shape index (κ2) is 12.5. The zero-order valence-electron chi connectivity index (χ0n) is 24.4. The molecule has 3 aromatic rings. The largest absolute Gasteiger partial charge is 0.573 e. The van der Waals surface area contributed by atoms with E-state index in [2.05, 4.69) is 29.4 Å². The van der Waals surface area contributed by atoms with Crippen molar-refractivity contribution >= 4 is 36.4 Å². The van der Waals surface area contributed by atoms with Crippen LogP contribution in [-0.2, 0) is 16.2 Å². The number of benzene rings is 1. The Hall–Kier alpha value is -4.02. The third-order valence-electron chi connectivity index (χ3n) is 7.14. The Labute approximate surface area is 251 Å². The summed E-state index contributed by atoms with van der Waals surface area (Å²) in [6.07, 6.45) is 0.574. The number of nitrogens with zero attached hydrogens (tertiary/aromatic N) is 5. The Morgan fingerprint density at radius 2 is 2.02 bits per heavy atom. The molecule has 2 aromatic heterocycles. The quantitative estimate of drug-likeness (QED) is 0.120. The fourth-order valence-electron chi connectivity index (χ4n) is 4.73. The molecule has 5 rings (SSSR count). The maximum absolute atomic E-state index is 13.2. The minimum absolute atomic E-state index is 0.0937. The van der Waals surface area contributed by atoms with E-state index < -0.39 is 36.7 Å². The zero-order valence-corrected chi connectivity index (χ0v) is 25.4. The first-order chi connectivity index (χ1) is 20.8. The Morgan fingerprint density at radius 1 is 1.25 bits per heavy atom. The van der Waals surface area contributed by atoms with Gasteiger partial charge >= 0.3 is 6.36 Å². The van der Waals surface area contributed by atoms with Gasteiger partial charge in [0.15, 0.2) is 5.65 Å². The first kappa shape index (κ1) is 31.4. The van der Waals surface area contributed by atoms with E-state index in [1.807, 2.05) is 16.8 Å². The smallest absolute Gasteiger partial charge is 0.468 e. The van der Waals surface area contributed by atoms with Gasteiger partial charge in [0.2, 0.25) is 5.88 Å². The molecule has 12 nitrogen and oxygen atoms in total. The summed E-state index contributed by atoms with van der Waals surface area (Å²) >= 11 is 0. The van der Waals surface area contributed by atoms with Crippen molar-refractivity contribution in [1.82, 2.24) is 19.4 Å². The van der Waals surface area contributed by atoms with Crippen LogP contribution in [0.1, 0.15) is 22.3 Å². The monoisotopic (exact) mass is 635 g/mol. The van der Waals surface area contributed by atoms with E-state index in [0.29, 0.717) is 49.4 Å². The number of carbonyl (C=O) groups is 1. The van der Waals surface area contributed by atoms with Crippen LogP contribution in [0.5, 0.6) is 11.6 Å². The number of hydrogen-bond donors (Lipinski definition) is 0. The number of halogens is 3. The van der Waals surface area contributed by atoms with Gasteiger partial charge < -0.3 is 28.4 Å². The van der Waals surface area contributed by atoms with Crippen molar-refractivity contribution in [2.75, 3.05) is 32.9 Å². The lowest BCUT2D eigenvalue weighted by Gasteiger charge is -2.27. The molecule has 0 unspecified atom stereocenters. The molecule has 4 heterocycles. The van der Waals surface area contributed by atoms with Crippen LogP contribution in [0.4, 0.5) is 18.9 Å². The average Bonchev–Trinajstić information content (AvgIpc) is 3.29. The third-order valence-corrected chi connectivity index (χ3v) is 8.84. The van der Waals surface area contributed by atoms with Crippen LogP contribution in [0.15, 0.2) is 36.7 Å². The van der Waals surface area contributed by atoms with Crippen molar-refractivity contribution in [1.29, 1.82) is 0 Å².